The highest BCUT2D eigenvalue weighted by atomic mass is 16.7. The van der Waals surface area contributed by atoms with Crippen LogP contribution in [0.2, 0.25) is 0 Å². The smallest absolute Gasteiger partial charge is 0.316 e. The van der Waals surface area contributed by atoms with E-state index in [1.54, 1.807) is 25.2 Å². The molecule has 0 aromatic heterocycles. The molecule has 3 fully saturated rings. The Morgan fingerprint density at radius 3 is 2.51 bits per heavy atom. The molecule has 2 bridgehead atoms. The molecule has 1 spiro atoms. The van der Waals surface area contributed by atoms with Gasteiger partial charge in [-0.1, -0.05) is 64.5 Å². The van der Waals surface area contributed by atoms with Crippen LogP contribution in [0.4, 0.5) is 0 Å². The molecule has 240 valence electrons. The third-order valence-corrected chi connectivity index (χ3v) is 10.6. The number of aliphatic hydroxyl groups is 4. The summed E-state index contributed by atoms with van der Waals surface area (Å²) in [6.45, 7) is 11.8. The van der Waals surface area contributed by atoms with Crippen LogP contribution in [0.1, 0.15) is 73.6 Å². The van der Waals surface area contributed by atoms with Gasteiger partial charge < -0.3 is 39.4 Å². The molecule has 0 aromatic rings. The molecule has 1 unspecified atom stereocenters. The van der Waals surface area contributed by atoms with Crippen LogP contribution in [0.3, 0.4) is 0 Å². The number of ether oxygens (including phenoxy) is 4. The van der Waals surface area contributed by atoms with Gasteiger partial charge >= 0.3 is 5.97 Å². The van der Waals surface area contributed by atoms with Crippen LogP contribution in [-0.2, 0) is 23.7 Å². The normalized spacial score (nSPS) is 48.3. The highest BCUT2D eigenvalue weighted by molar-refractivity contribution is 5.78. The van der Waals surface area contributed by atoms with Crippen LogP contribution in [-0.4, -0.2) is 87.1 Å². The fourth-order valence-electron chi connectivity index (χ4n) is 7.57. The standard InChI is InChI=1S/C34H50O9/c1-7-18(2)30-22(6)27(35)16-33(43-30)15-25-14-24(42-33)12-11-20(4)28(36)19(3)9-8-10-23-17-40-31-29(37)21(5)13-26(32(38)41-25)34(23,31)39/h8-11,13,18-19,22,24-31,35-37,39H,7,12,14-17H2,1-6H3/b9-8-,20-11-,23-10?/t18-,19-,22-,24+,25-,26-,27?,28-,29+,30+,31+,33-,34+/m0/s1. The minimum atomic E-state index is -1.80. The zero-order valence-corrected chi connectivity index (χ0v) is 26.3. The van der Waals surface area contributed by atoms with Crippen LogP contribution >= 0.6 is 0 Å². The number of aliphatic hydroxyl groups excluding tert-OH is 3. The first-order valence-electron chi connectivity index (χ1n) is 16.0. The van der Waals surface area contributed by atoms with Gasteiger partial charge in [-0.25, -0.2) is 0 Å². The monoisotopic (exact) mass is 602 g/mol. The molecule has 0 saturated carbocycles. The number of allylic oxidation sites excluding steroid dienone is 2. The van der Waals surface area contributed by atoms with Gasteiger partial charge in [0.25, 0.3) is 0 Å². The molecule has 5 aliphatic rings. The van der Waals surface area contributed by atoms with Crippen molar-refractivity contribution in [2.45, 2.75) is 128 Å². The molecule has 4 N–H and O–H groups in total. The topological polar surface area (TPSA) is 135 Å². The summed E-state index contributed by atoms with van der Waals surface area (Å²) in [6, 6.07) is 0. The zero-order chi connectivity index (χ0) is 31.3. The van der Waals surface area contributed by atoms with E-state index in [0.29, 0.717) is 24.0 Å². The maximum absolute atomic E-state index is 14.0. The first-order valence-corrected chi connectivity index (χ1v) is 16.0. The fourth-order valence-corrected chi connectivity index (χ4v) is 7.57. The average molecular weight is 603 g/mol. The van der Waals surface area contributed by atoms with E-state index in [1.165, 1.54) is 0 Å². The fraction of sp³-hybridized carbons (Fsp3) is 0.735. The number of fused-ring (bicyclic) bond motifs is 2. The van der Waals surface area contributed by atoms with E-state index >= 15 is 0 Å². The van der Waals surface area contributed by atoms with E-state index in [-0.39, 0.29) is 43.3 Å². The Morgan fingerprint density at radius 2 is 1.79 bits per heavy atom. The van der Waals surface area contributed by atoms with Crippen molar-refractivity contribution >= 4 is 5.97 Å². The van der Waals surface area contributed by atoms with Gasteiger partial charge in [0.2, 0.25) is 0 Å². The van der Waals surface area contributed by atoms with E-state index < -0.39 is 59.9 Å². The Hall–Kier alpha value is -1.85. The van der Waals surface area contributed by atoms with E-state index in [1.807, 2.05) is 32.9 Å². The SMILES string of the molecule is CC[C@H](C)[C@H]1O[C@]2(CC(O)[C@@H]1C)C[C@@H]1C[C@@H](C/C=C(/C)[C@@H](O)[C@@H](C)/C=C\C=C3CO[C@@H]4[C@H](O)C(C)=C[C@@H](C(=O)O1)[C@]34O)O2. The number of hydrogen-bond donors (Lipinski definition) is 4. The number of esters is 1. The molecule has 1 aliphatic carbocycles. The van der Waals surface area contributed by atoms with Crippen molar-refractivity contribution in [2.75, 3.05) is 6.61 Å². The summed E-state index contributed by atoms with van der Waals surface area (Å²) < 4.78 is 25.4. The van der Waals surface area contributed by atoms with Gasteiger partial charge in [0.05, 0.1) is 31.0 Å². The maximum Gasteiger partial charge on any atom is 0.316 e. The van der Waals surface area contributed by atoms with Crippen molar-refractivity contribution in [3.63, 3.8) is 0 Å². The minimum absolute atomic E-state index is 0.0483. The van der Waals surface area contributed by atoms with Crippen LogP contribution in [0.25, 0.3) is 0 Å². The van der Waals surface area contributed by atoms with E-state index in [0.717, 1.165) is 12.0 Å². The summed E-state index contributed by atoms with van der Waals surface area (Å²) in [5, 5.41) is 45.2. The average Bonchev–Trinajstić information content (AvgIpc) is 3.30. The highest BCUT2D eigenvalue weighted by Crippen LogP contribution is 2.48. The second-order valence-corrected chi connectivity index (χ2v) is 13.7. The van der Waals surface area contributed by atoms with E-state index in [4.69, 9.17) is 18.9 Å². The Kier molecular flexibility index (Phi) is 9.46. The number of rotatable bonds is 2. The summed E-state index contributed by atoms with van der Waals surface area (Å²) in [5.74, 6) is -2.97. The first kappa shape index (κ1) is 32.5. The first-order chi connectivity index (χ1) is 20.3. The lowest BCUT2D eigenvalue weighted by atomic mass is 9.71. The second kappa shape index (κ2) is 12.5. The van der Waals surface area contributed by atoms with Crippen molar-refractivity contribution in [1.82, 2.24) is 0 Å². The van der Waals surface area contributed by atoms with Crippen molar-refractivity contribution < 1.29 is 44.2 Å². The molecule has 0 radical (unpaired) electrons. The summed E-state index contributed by atoms with van der Waals surface area (Å²) in [4.78, 5) is 14.0. The molecule has 4 heterocycles. The quantitative estimate of drug-likeness (QED) is 0.277. The summed E-state index contributed by atoms with van der Waals surface area (Å²) in [6.07, 6.45) is 6.40. The summed E-state index contributed by atoms with van der Waals surface area (Å²) in [7, 11) is 0. The van der Waals surface area contributed by atoms with Gasteiger partial charge in [-0.15, -0.1) is 0 Å². The van der Waals surface area contributed by atoms with Gasteiger partial charge in [-0.3, -0.25) is 4.79 Å². The number of carbonyl (C=O) groups is 1. The van der Waals surface area contributed by atoms with Crippen molar-refractivity contribution in [3.8, 4) is 0 Å². The number of hydrogen-bond acceptors (Lipinski definition) is 9. The lowest BCUT2D eigenvalue weighted by Crippen LogP contribution is -2.60. The predicted octanol–water partition coefficient (Wildman–Crippen LogP) is 3.50. The van der Waals surface area contributed by atoms with E-state index in [2.05, 4.69) is 13.8 Å². The molecule has 43 heavy (non-hydrogen) atoms. The summed E-state index contributed by atoms with van der Waals surface area (Å²) >= 11 is 0. The zero-order valence-electron chi connectivity index (χ0n) is 26.3. The van der Waals surface area contributed by atoms with Gasteiger partial charge in [-0.2, -0.15) is 0 Å². The molecular weight excluding hydrogens is 552 g/mol. The third-order valence-electron chi connectivity index (χ3n) is 10.6. The Balaban J connectivity index is 1.54. The van der Waals surface area contributed by atoms with E-state index in [9.17, 15) is 25.2 Å². The number of carbonyl (C=O) groups excluding carboxylic acids is 1. The Morgan fingerprint density at radius 1 is 1.05 bits per heavy atom. The van der Waals surface area contributed by atoms with Gasteiger partial charge in [-0.05, 0) is 42.9 Å². The molecule has 9 nitrogen and oxygen atoms in total. The lowest BCUT2D eigenvalue weighted by molar-refractivity contribution is -0.354. The van der Waals surface area contributed by atoms with Crippen LogP contribution in [0, 0.1) is 23.7 Å². The summed E-state index contributed by atoms with van der Waals surface area (Å²) in [5.41, 5.74) is -0.00894. The molecule has 3 saturated heterocycles. The molecular formula is C34H50O9. The Bertz CT molecular complexity index is 1170. The minimum Gasteiger partial charge on any atom is -0.462 e. The van der Waals surface area contributed by atoms with Crippen LogP contribution < -0.4 is 0 Å². The maximum atomic E-state index is 14.0. The highest BCUT2D eigenvalue weighted by Gasteiger charge is 2.60. The lowest BCUT2D eigenvalue weighted by Gasteiger charge is -2.52. The van der Waals surface area contributed by atoms with Gasteiger partial charge in [0.15, 0.2) is 5.79 Å². The molecule has 9 heteroatoms. The molecule has 5 rings (SSSR count). The van der Waals surface area contributed by atoms with Crippen molar-refractivity contribution in [2.24, 2.45) is 23.7 Å². The van der Waals surface area contributed by atoms with Crippen LogP contribution in [0.15, 0.2) is 47.1 Å². The van der Waals surface area contributed by atoms with Crippen molar-refractivity contribution in [1.29, 1.82) is 0 Å². The van der Waals surface area contributed by atoms with Gasteiger partial charge in [0.1, 0.15) is 29.8 Å². The van der Waals surface area contributed by atoms with Gasteiger partial charge in [0, 0.05) is 31.1 Å². The largest absolute Gasteiger partial charge is 0.462 e. The molecule has 13 atom stereocenters. The van der Waals surface area contributed by atoms with Crippen LogP contribution in [0.5, 0.6) is 0 Å². The molecule has 0 aromatic carbocycles. The molecule has 4 aliphatic heterocycles. The molecule has 0 amide bonds. The predicted molar refractivity (Wildman–Crippen MR) is 160 cm³/mol. The second-order valence-electron chi connectivity index (χ2n) is 13.7. The third kappa shape index (κ3) is 6.07. The Labute approximate surface area is 255 Å². The van der Waals surface area contributed by atoms with Crippen molar-refractivity contribution in [3.05, 3.63) is 47.1 Å².